The lowest BCUT2D eigenvalue weighted by atomic mass is 9.49. The number of aromatic nitrogens is 2. The van der Waals surface area contributed by atoms with Gasteiger partial charge in [-0.05, 0) is 36.4 Å². The molecule has 2 aromatic carbocycles. The van der Waals surface area contributed by atoms with Crippen molar-refractivity contribution in [1.82, 2.24) is 15.1 Å². The molecule has 0 radical (unpaired) electrons. The zero-order chi connectivity index (χ0) is 32.2. The number of aliphatic hydroxyl groups is 1. The van der Waals surface area contributed by atoms with E-state index in [9.17, 15) is 14.7 Å². The highest BCUT2D eigenvalue weighted by atomic mass is 35.5. The number of aliphatic hydroxyl groups excluding tert-OH is 1. The maximum atomic E-state index is 13.2. The van der Waals surface area contributed by atoms with E-state index in [1.54, 1.807) is 41.2 Å². The zero-order valence-electron chi connectivity index (χ0n) is 25.6. The smallest absolute Gasteiger partial charge is 0.338 e. The van der Waals surface area contributed by atoms with E-state index in [1.807, 2.05) is 33.8 Å². The van der Waals surface area contributed by atoms with Gasteiger partial charge < -0.3 is 29.4 Å². The lowest BCUT2D eigenvalue weighted by Crippen LogP contribution is -2.74. The van der Waals surface area contributed by atoms with Gasteiger partial charge in [0, 0.05) is 54.8 Å². The van der Waals surface area contributed by atoms with Gasteiger partial charge in [-0.15, -0.1) is 0 Å². The van der Waals surface area contributed by atoms with E-state index in [4.69, 9.17) is 35.8 Å². The first kappa shape index (κ1) is 32.8. The first-order valence-corrected chi connectivity index (χ1v) is 14.5. The number of rotatable bonds is 12. The standard InChI is InChI=1S/C32H37ClN4O7/c1-31(2)29(32(3,4)30(31)44-21-9-8-19(18-34)24(33)17-21)35-26(38)25-12-14-37(36-25)13-7-15-43-20-10-11-22(27(39)41-5)23(16-20)28(40)42-6/h8-12,14,16-17,28-30,40H,7,13,15H2,1-6H3,(H,35,38)/t28?,29-,30-. The molecular weight excluding hydrogens is 588 g/mol. The van der Waals surface area contributed by atoms with E-state index in [-0.39, 0.29) is 29.2 Å². The van der Waals surface area contributed by atoms with Gasteiger partial charge >= 0.3 is 5.97 Å². The summed E-state index contributed by atoms with van der Waals surface area (Å²) in [5.74, 6) is 0.159. The summed E-state index contributed by atoms with van der Waals surface area (Å²) in [5.41, 5.74) is 0.324. The number of nitriles is 1. The molecule has 1 unspecified atom stereocenters. The summed E-state index contributed by atoms with van der Waals surface area (Å²) in [6, 6.07) is 13.2. The van der Waals surface area contributed by atoms with Crippen LogP contribution in [0, 0.1) is 22.2 Å². The number of carbonyl (C=O) groups excluding carboxylic acids is 2. The largest absolute Gasteiger partial charge is 0.494 e. The van der Waals surface area contributed by atoms with E-state index in [0.29, 0.717) is 47.4 Å². The Morgan fingerprint density at radius 3 is 2.45 bits per heavy atom. The van der Waals surface area contributed by atoms with Crippen LogP contribution in [0.25, 0.3) is 0 Å². The third-order valence-electron chi connectivity index (χ3n) is 8.02. The number of hydrogen-bond donors (Lipinski definition) is 2. The molecule has 1 heterocycles. The average molecular weight is 625 g/mol. The van der Waals surface area contributed by atoms with Crippen LogP contribution in [0.2, 0.25) is 5.02 Å². The van der Waals surface area contributed by atoms with Gasteiger partial charge in [-0.3, -0.25) is 9.48 Å². The summed E-state index contributed by atoms with van der Waals surface area (Å²) in [6.07, 6.45) is 0.805. The third kappa shape index (κ3) is 6.68. The minimum absolute atomic E-state index is 0.185. The van der Waals surface area contributed by atoms with Crippen LogP contribution in [-0.2, 0) is 16.0 Å². The molecule has 0 aliphatic heterocycles. The van der Waals surface area contributed by atoms with Gasteiger partial charge in [0.25, 0.3) is 5.91 Å². The number of aryl methyl sites for hydroxylation is 1. The van der Waals surface area contributed by atoms with Gasteiger partial charge in [0.1, 0.15) is 29.4 Å². The molecule has 1 aromatic heterocycles. The zero-order valence-corrected chi connectivity index (χ0v) is 26.3. The Morgan fingerprint density at radius 2 is 1.82 bits per heavy atom. The number of carbonyl (C=O) groups is 2. The highest BCUT2D eigenvalue weighted by Gasteiger charge is 2.64. The van der Waals surface area contributed by atoms with Crippen LogP contribution in [0.4, 0.5) is 0 Å². The minimum atomic E-state index is -1.31. The molecule has 3 aromatic rings. The molecule has 0 saturated heterocycles. The molecule has 1 atom stereocenters. The van der Waals surface area contributed by atoms with Crippen molar-refractivity contribution in [3.05, 3.63) is 76.1 Å². The Morgan fingerprint density at radius 1 is 1.11 bits per heavy atom. The van der Waals surface area contributed by atoms with Gasteiger partial charge in [-0.25, -0.2) is 4.79 Å². The number of nitrogens with one attached hydrogen (secondary N) is 1. The second-order valence-electron chi connectivity index (χ2n) is 11.8. The number of methoxy groups -OCH3 is 2. The number of ether oxygens (including phenoxy) is 4. The fraction of sp³-hybridized carbons (Fsp3) is 0.438. The molecule has 234 valence electrons. The van der Waals surface area contributed by atoms with E-state index in [0.717, 1.165) is 0 Å². The summed E-state index contributed by atoms with van der Waals surface area (Å²) < 4.78 is 23.5. The molecule has 4 rings (SSSR count). The number of esters is 1. The molecule has 0 spiro atoms. The summed E-state index contributed by atoms with van der Waals surface area (Å²) in [6.45, 7) is 9.00. The van der Waals surface area contributed by atoms with Crippen LogP contribution >= 0.6 is 11.6 Å². The molecule has 2 N–H and O–H groups in total. The quantitative estimate of drug-likeness (QED) is 0.163. The van der Waals surface area contributed by atoms with Crippen molar-refractivity contribution in [2.75, 3.05) is 20.8 Å². The summed E-state index contributed by atoms with van der Waals surface area (Å²) in [7, 11) is 2.59. The number of benzene rings is 2. The molecule has 1 aliphatic rings. The Bertz CT molecular complexity index is 1550. The molecule has 1 saturated carbocycles. The van der Waals surface area contributed by atoms with Gasteiger partial charge in [0.2, 0.25) is 0 Å². The Balaban J connectivity index is 1.31. The normalized spacial score (nSPS) is 18.8. The predicted octanol–water partition coefficient (Wildman–Crippen LogP) is 4.91. The number of halogens is 1. The van der Waals surface area contributed by atoms with Crippen molar-refractivity contribution >= 4 is 23.5 Å². The lowest BCUT2D eigenvalue weighted by molar-refractivity contribution is -0.164. The van der Waals surface area contributed by atoms with Crippen LogP contribution < -0.4 is 14.8 Å². The van der Waals surface area contributed by atoms with Crippen LogP contribution in [0.15, 0.2) is 48.7 Å². The Kier molecular flexibility index (Phi) is 9.88. The Hall–Kier alpha value is -4.11. The fourth-order valence-corrected chi connectivity index (χ4v) is 6.30. The number of amides is 1. The molecule has 1 fully saturated rings. The van der Waals surface area contributed by atoms with Crippen molar-refractivity contribution in [1.29, 1.82) is 5.26 Å². The Labute approximate surface area is 261 Å². The second kappa shape index (κ2) is 13.3. The van der Waals surface area contributed by atoms with E-state index >= 15 is 0 Å². The second-order valence-corrected chi connectivity index (χ2v) is 12.2. The fourth-order valence-electron chi connectivity index (χ4n) is 6.08. The molecule has 44 heavy (non-hydrogen) atoms. The van der Waals surface area contributed by atoms with E-state index < -0.39 is 23.1 Å². The number of nitrogens with zero attached hydrogens (tertiary/aromatic N) is 3. The van der Waals surface area contributed by atoms with Gasteiger partial charge in [-0.2, -0.15) is 10.4 Å². The summed E-state index contributed by atoms with van der Waals surface area (Å²) in [4.78, 5) is 25.2. The average Bonchev–Trinajstić information content (AvgIpc) is 3.48. The van der Waals surface area contributed by atoms with Crippen LogP contribution in [0.1, 0.15) is 72.4 Å². The van der Waals surface area contributed by atoms with Gasteiger partial charge in [0.05, 0.1) is 29.9 Å². The van der Waals surface area contributed by atoms with Crippen molar-refractivity contribution in [2.24, 2.45) is 10.8 Å². The van der Waals surface area contributed by atoms with Crippen LogP contribution in [-0.4, -0.2) is 59.7 Å². The third-order valence-corrected chi connectivity index (χ3v) is 8.33. The molecule has 11 nitrogen and oxygen atoms in total. The maximum Gasteiger partial charge on any atom is 0.338 e. The van der Waals surface area contributed by atoms with Crippen LogP contribution in [0.3, 0.4) is 0 Å². The SMILES string of the molecule is COC(=O)c1ccc(OCCCn2ccc(C(=O)N[C@H]3C(C)(C)[C@H](Oc4ccc(C#N)c(Cl)c4)C3(C)C)n2)cc1C(O)OC. The van der Waals surface area contributed by atoms with Gasteiger partial charge in [0.15, 0.2) is 6.29 Å². The van der Waals surface area contributed by atoms with Crippen molar-refractivity contribution in [3.63, 3.8) is 0 Å². The van der Waals surface area contributed by atoms with Crippen molar-refractivity contribution < 1.29 is 33.6 Å². The van der Waals surface area contributed by atoms with Crippen molar-refractivity contribution in [3.8, 4) is 17.6 Å². The lowest BCUT2D eigenvalue weighted by Gasteiger charge is -2.63. The van der Waals surface area contributed by atoms with Gasteiger partial charge in [-0.1, -0.05) is 39.3 Å². The molecule has 1 amide bonds. The highest BCUT2D eigenvalue weighted by Crippen LogP contribution is 2.55. The topological polar surface area (TPSA) is 145 Å². The predicted molar refractivity (Wildman–Crippen MR) is 161 cm³/mol. The molecule has 1 aliphatic carbocycles. The van der Waals surface area contributed by atoms with E-state index in [1.165, 1.54) is 26.4 Å². The highest BCUT2D eigenvalue weighted by molar-refractivity contribution is 6.31. The first-order valence-electron chi connectivity index (χ1n) is 14.1. The monoisotopic (exact) mass is 624 g/mol. The number of hydrogen-bond acceptors (Lipinski definition) is 9. The molecule has 12 heteroatoms. The molecular formula is C32H37ClN4O7. The van der Waals surface area contributed by atoms with Crippen molar-refractivity contribution in [2.45, 2.75) is 59.1 Å². The molecule has 0 bridgehead atoms. The maximum absolute atomic E-state index is 13.2. The first-order chi connectivity index (χ1) is 20.8. The van der Waals surface area contributed by atoms with Crippen LogP contribution in [0.5, 0.6) is 11.5 Å². The van der Waals surface area contributed by atoms with E-state index in [2.05, 4.69) is 10.4 Å². The summed E-state index contributed by atoms with van der Waals surface area (Å²) in [5, 5.41) is 27.2. The minimum Gasteiger partial charge on any atom is -0.494 e. The summed E-state index contributed by atoms with van der Waals surface area (Å²) >= 11 is 6.19.